The molecule has 25 heavy (non-hydrogen) atoms. The van der Waals surface area contributed by atoms with Gasteiger partial charge in [0.25, 0.3) is 0 Å². The lowest BCUT2D eigenvalue weighted by Crippen LogP contribution is -2.28. The molecule has 0 aromatic heterocycles. The second kappa shape index (κ2) is 10.2. The van der Waals surface area contributed by atoms with Crippen LogP contribution in [-0.4, -0.2) is 97.7 Å². The zero-order chi connectivity index (χ0) is 18.4. The van der Waals surface area contributed by atoms with E-state index in [4.69, 9.17) is 23.5 Å². The summed E-state index contributed by atoms with van der Waals surface area (Å²) in [6, 6.07) is 0.186. The standard InChI is InChI=1S/C12H27B4O7PS/c1-19-5-9-8(4-12(16-14)21-9)23-24(17,18)25-6-10-7(20-2)3-11(15-13)22-10/h7-12,15-16H,3-6,13-14H2,1-2H3,(H,17,18). The van der Waals surface area contributed by atoms with E-state index >= 15 is 0 Å². The van der Waals surface area contributed by atoms with Crippen LogP contribution in [-0.2, 0) is 28.0 Å². The number of rotatable bonds is 10. The summed E-state index contributed by atoms with van der Waals surface area (Å²) in [5, 5.41) is 0. The van der Waals surface area contributed by atoms with Gasteiger partial charge in [0.1, 0.15) is 20.4 Å². The molecule has 0 aliphatic carbocycles. The molecule has 13 heteroatoms. The topological polar surface area (TPSA) is 83.5 Å². The molecule has 0 saturated carbocycles. The Bertz CT molecular complexity index is 465. The van der Waals surface area contributed by atoms with Crippen molar-refractivity contribution in [3.8, 4) is 0 Å². The molecule has 0 amide bonds. The van der Waals surface area contributed by atoms with E-state index in [-0.39, 0.29) is 30.3 Å². The van der Waals surface area contributed by atoms with Crippen molar-refractivity contribution < 1.29 is 32.9 Å². The lowest BCUT2D eigenvalue weighted by atomic mass is 9.51. The lowest BCUT2D eigenvalue weighted by molar-refractivity contribution is -0.0117. The molecule has 140 valence electrons. The third-order valence-corrected chi connectivity index (χ3v) is 7.79. The van der Waals surface area contributed by atoms with E-state index in [0.29, 0.717) is 18.8 Å². The second-order valence-corrected chi connectivity index (χ2v) is 10.4. The molecule has 2 aliphatic rings. The summed E-state index contributed by atoms with van der Waals surface area (Å²) in [6.45, 7) is -3.46. The first-order valence-corrected chi connectivity index (χ1v) is 12.1. The maximum Gasteiger partial charge on any atom is 0.387 e. The smallest absolute Gasteiger partial charge is 0.382 e. The molecule has 0 bridgehead atoms. The van der Waals surface area contributed by atoms with Crippen molar-refractivity contribution in [2.75, 3.05) is 26.6 Å². The Morgan fingerprint density at radius 2 is 1.76 bits per heavy atom. The highest BCUT2D eigenvalue weighted by molar-refractivity contribution is 8.54. The highest BCUT2D eigenvalue weighted by Gasteiger charge is 2.41. The van der Waals surface area contributed by atoms with Crippen LogP contribution in [0, 0.1) is 0 Å². The Hall–Kier alpha value is 0.600. The predicted octanol–water partition coefficient (Wildman–Crippen LogP) is -1.93. The second-order valence-electron chi connectivity index (χ2n) is 6.52. The van der Waals surface area contributed by atoms with Crippen LogP contribution in [0.1, 0.15) is 12.8 Å². The molecular formula is C12H27B4O7PS. The highest BCUT2D eigenvalue weighted by atomic mass is 32.7. The first-order valence-electron chi connectivity index (χ1n) is 8.90. The molecule has 1 N–H and O–H groups in total. The molecule has 7 nitrogen and oxygen atoms in total. The normalized spacial score (nSPS) is 37.7. The molecule has 7 unspecified atom stereocenters. The van der Waals surface area contributed by atoms with Gasteiger partial charge in [0.2, 0.25) is 0 Å². The Morgan fingerprint density at radius 3 is 2.32 bits per heavy atom. The molecule has 2 aliphatic heterocycles. The van der Waals surface area contributed by atoms with Crippen LogP contribution in [0.25, 0.3) is 0 Å². The lowest BCUT2D eigenvalue weighted by Gasteiger charge is -2.23. The number of methoxy groups -OCH3 is 2. The van der Waals surface area contributed by atoms with Gasteiger partial charge in [0.15, 0.2) is 0 Å². The molecule has 2 rings (SSSR count). The molecule has 0 aromatic rings. The molecule has 0 radical (unpaired) electrons. The van der Waals surface area contributed by atoms with Crippen LogP contribution < -0.4 is 0 Å². The number of hydrogen-bond acceptors (Lipinski definition) is 7. The van der Waals surface area contributed by atoms with Crippen molar-refractivity contribution in [2.24, 2.45) is 0 Å². The van der Waals surface area contributed by atoms with Crippen molar-refractivity contribution in [3.63, 3.8) is 0 Å². The van der Waals surface area contributed by atoms with Gasteiger partial charge in [-0.05, 0) is 24.2 Å². The molecular weight excluding hydrogens is 362 g/mol. The molecule has 2 fully saturated rings. The third kappa shape index (κ3) is 6.32. The van der Waals surface area contributed by atoms with E-state index in [1.807, 2.05) is 7.74 Å². The minimum absolute atomic E-state index is 0.0384. The number of hydrogen-bond donors (Lipinski definition) is 1. The molecule has 2 saturated heterocycles. The minimum atomic E-state index is -3.81. The van der Waals surface area contributed by atoms with Gasteiger partial charge in [0, 0.05) is 32.0 Å². The minimum Gasteiger partial charge on any atom is -0.382 e. The van der Waals surface area contributed by atoms with E-state index in [1.165, 1.54) is 0 Å². The fourth-order valence-electron chi connectivity index (χ4n) is 3.31. The van der Waals surface area contributed by atoms with Gasteiger partial charge in [-0.15, -0.1) is 0 Å². The van der Waals surface area contributed by atoms with Crippen LogP contribution in [0.4, 0.5) is 0 Å². The first kappa shape index (κ1) is 21.9. The molecule has 0 spiro atoms. The molecule has 7 atom stereocenters. The number of ether oxygens (including phenoxy) is 4. The Balaban J connectivity index is 1.87. The van der Waals surface area contributed by atoms with Gasteiger partial charge in [-0.1, -0.05) is 0 Å². The Morgan fingerprint density at radius 1 is 1.16 bits per heavy atom. The van der Waals surface area contributed by atoms with Crippen molar-refractivity contribution in [2.45, 2.75) is 49.3 Å². The SMILES string of the molecule is BBC1CC(OC)C(CSP(=O)(O)OC2CC(BB)OC2COC)O1. The summed E-state index contributed by atoms with van der Waals surface area (Å²) < 4.78 is 40.4. The van der Waals surface area contributed by atoms with Gasteiger partial charge in [-0.25, -0.2) is 4.57 Å². The fourth-order valence-corrected chi connectivity index (χ4v) is 6.09. The van der Waals surface area contributed by atoms with E-state index in [1.54, 1.807) is 14.2 Å². The Kier molecular flexibility index (Phi) is 8.96. The van der Waals surface area contributed by atoms with Gasteiger partial charge in [-0.2, -0.15) is 0 Å². The summed E-state index contributed by atoms with van der Waals surface area (Å²) in [5.74, 6) is 0.364. The van der Waals surface area contributed by atoms with Crippen molar-refractivity contribution in [3.05, 3.63) is 0 Å². The quantitative estimate of drug-likeness (QED) is 0.342. The van der Waals surface area contributed by atoms with Crippen LogP contribution >= 0.6 is 18.2 Å². The monoisotopic (exact) mass is 390 g/mol. The summed E-state index contributed by atoms with van der Waals surface area (Å²) in [6.07, 6.45) is 0.447. The van der Waals surface area contributed by atoms with Crippen molar-refractivity contribution >= 4 is 48.0 Å². The zero-order valence-electron chi connectivity index (χ0n) is 15.5. The molecule has 2 heterocycles. The van der Waals surface area contributed by atoms with Gasteiger partial charge >= 0.3 is 6.80 Å². The Labute approximate surface area is 157 Å². The van der Waals surface area contributed by atoms with Crippen LogP contribution in [0.2, 0.25) is 0 Å². The summed E-state index contributed by atoms with van der Waals surface area (Å²) in [4.78, 5) is 10.3. The largest absolute Gasteiger partial charge is 0.387 e. The predicted molar refractivity (Wildman–Crippen MR) is 108 cm³/mol. The van der Waals surface area contributed by atoms with Crippen LogP contribution in [0.15, 0.2) is 0 Å². The maximum atomic E-state index is 12.5. The average molecular weight is 390 g/mol. The fraction of sp³-hybridized carbons (Fsp3) is 1.00. The summed E-state index contributed by atoms with van der Waals surface area (Å²) in [7, 11) is 9.07. The van der Waals surface area contributed by atoms with E-state index in [2.05, 4.69) is 7.74 Å². The van der Waals surface area contributed by atoms with E-state index in [0.717, 1.165) is 32.1 Å². The summed E-state index contributed by atoms with van der Waals surface area (Å²) >= 11 is 0.911. The van der Waals surface area contributed by atoms with Gasteiger partial charge < -0.3 is 23.8 Å². The van der Waals surface area contributed by atoms with Crippen molar-refractivity contribution in [1.29, 1.82) is 0 Å². The highest BCUT2D eigenvalue weighted by Crippen LogP contribution is 2.58. The van der Waals surface area contributed by atoms with Crippen LogP contribution in [0.3, 0.4) is 0 Å². The first-order chi connectivity index (χ1) is 11.9. The van der Waals surface area contributed by atoms with Crippen molar-refractivity contribution in [1.82, 2.24) is 0 Å². The van der Waals surface area contributed by atoms with E-state index < -0.39 is 12.9 Å². The van der Waals surface area contributed by atoms with Gasteiger partial charge in [-0.3, -0.25) is 4.52 Å². The van der Waals surface area contributed by atoms with Crippen LogP contribution in [0.5, 0.6) is 0 Å². The molecule has 0 aromatic carbocycles. The average Bonchev–Trinajstić information content (AvgIpc) is 3.16. The van der Waals surface area contributed by atoms with Gasteiger partial charge in [0.05, 0.1) is 40.4 Å². The zero-order valence-corrected chi connectivity index (χ0v) is 17.2. The summed E-state index contributed by atoms with van der Waals surface area (Å²) in [5.41, 5.74) is 0. The third-order valence-electron chi connectivity index (χ3n) is 4.77. The van der Waals surface area contributed by atoms with E-state index in [9.17, 15) is 9.46 Å². The maximum absolute atomic E-state index is 12.5.